The van der Waals surface area contributed by atoms with E-state index < -0.39 is 0 Å². The summed E-state index contributed by atoms with van der Waals surface area (Å²) in [6, 6.07) is 8.50. The van der Waals surface area contributed by atoms with Crippen molar-refractivity contribution in [1.29, 1.82) is 0 Å². The average molecular weight is 313 g/mol. The molecule has 0 saturated carbocycles. The van der Waals surface area contributed by atoms with Gasteiger partial charge in [0, 0.05) is 30.9 Å². The van der Waals surface area contributed by atoms with Crippen LogP contribution in [-0.2, 0) is 18.4 Å². The molecule has 0 unspecified atom stereocenters. The second kappa shape index (κ2) is 5.65. The van der Waals surface area contributed by atoms with Gasteiger partial charge < -0.3 is 15.0 Å². The van der Waals surface area contributed by atoms with Crippen LogP contribution in [0.25, 0.3) is 0 Å². The average Bonchev–Trinajstić information content (AvgIpc) is 3.10. The molecule has 1 aromatic carbocycles. The van der Waals surface area contributed by atoms with Gasteiger partial charge in [-0.25, -0.2) is 4.79 Å². The smallest absolute Gasteiger partial charge is 0.325 e. The minimum atomic E-state index is -0.255. The molecule has 4 rings (SSSR count). The number of aliphatic hydroxyl groups excluding tert-OH is 1. The third-order valence-electron chi connectivity index (χ3n) is 5.73. The van der Waals surface area contributed by atoms with Crippen molar-refractivity contribution in [2.45, 2.75) is 37.3 Å². The Morgan fingerprint density at radius 3 is 2.74 bits per heavy atom. The molecule has 2 aliphatic rings. The van der Waals surface area contributed by atoms with Gasteiger partial charge in [0.05, 0.1) is 6.10 Å². The van der Waals surface area contributed by atoms with Gasteiger partial charge in [-0.3, -0.25) is 4.57 Å². The quantitative estimate of drug-likeness (QED) is 0.893. The van der Waals surface area contributed by atoms with Crippen LogP contribution in [0, 0.1) is 0 Å². The van der Waals surface area contributed by atoms with E-state index >= 15 is 0 Å². The van der Waals surface area contributed by atoms with Gasteiger partial charge in [-0.05, 0) is 43.5 Å². The number of benzene rings is 1. The molecule has 0 bridgehead atoms. The summed E-state index contributed by atoms with van der Waals surface area (Å²) in [5.41, 5.74) is 2.57. The van der Waals surface area contributed by atoms with Crippen LogP contribution >= 0.6 is 0 Å². The summed E-state index contributed by atoms with van der Waals surface area (Å²) in [7, 11) is 0. The number of fused-ring (bicyclic) bond motifs is 2. The number of nitrogens with zero attached hydrogens (tertiary/aromatic N) is 2. The lowest BCUT2D eigenvalue weighted by molar-refractivity contribution is 0.0425. The fraction of sp³-hybridized carbons (Fsp3) is 0.500. The number of hydrogen-bond donors (Lipinski definition) is 2. The van der Waals surface area contributed by atoms with Crippen LogP contribution in [0.1, 0.15) is 24.0 Å². The standard InChI is InChI=1S/C18H23N3O2/c22-16-13-14-3-1-2-4-15(14)18(16)5-8-20(9-6-18)11-12-21-10-7-19-17(21)23/h1-4,7,10,16,22H,5-6,8-9,11-13H2,(H,19,23)/t16-/m0/s1. The maximum atomic E-state index is 11.5. The van der Waals surface area contributed by atoms with Crippen LogP contribution in [0.3, 0.4) is 0 Å². The van der Waals surface area contributed by atoms with Crippen molar-refractivity contribution in [2.24, 2.45) is 0 Å². The highest BCUT2D eigenvalue weighted by Crippen LogP contribution is 2.46. The van der Waals surface area contributed by atoms with Crippen molar-refractivity contribution in [3.8, 4) is 0 Å². The summed E-state index contributed by atoms with van der Waals surface area (Å²) in [6.07, 6.45) is 5.99. The third kappa shape index (κ3) is 2.44. The number of H-pyrrole nitrogens is 1. The van der Waals surface area contributed by atoms with Gasteiger partial charge in [-0.15, -0.1) is 0 Å². The first-order chi connectivity index (χ1) is 11.2. The minimum absolute atomic E-state index is 0.0429. The fourth-order valence-corrected chi connectivity index (χ4v) is 4.32. The molecule has 1 atom stereocenters. The Morgan fingerprint density at radius 1 is 1.22 bits per heavy atom. The van der Waals surface area contributed by atoms with Gasteiger partial charge >= 0.3 is 5.69 Å². The van der Waals surface area contributed by atoms with Crippen molar-refractivity contribution in [1.82, 2.24) is 14.5 Å². The van der Waals surface area contributed by atoms with Crippen molar-refractivity contribution in [2.75, 3.05) is 19.6 Å². The van der Waals surface area contributed by atoms with Crippen molar-refractivity contribution in [3.63, 3.8) is 0 Å². The molecule has 5 heteroatoms. The van der Waals surface area contributed by atoms with E-state index in [1.165, 1.54) is 11.1 Å². The Kier molecular flexibility index (Phi) is 3.62. The first-order valence-corrected chi connectivity index (χ1v) is 8.42. The van der Waals surface area contributed by atoms with E-state index in [1.807, 2.05) is 0 Å². The largest absolute Gasteiger partial charge is 0.392 e. The maximum Gasteiger partial charge on any atom is 0.325 e. The normalized spacial score (nSPS) is 23.3. The monoisotopic (exact) mass is 313 g/mol. The van der Waals surface area contributed by atoms with Crippen LogP contribution < -0.4 is 5.69 Å². The highest BCUT2D eigenvalue weighted by atomic mass is 16.3. The molecule has 1 aromatic heterocycles. The predicted octanol–water partition coefficient (Wildman–Crippen LogP) is 1.13. The zero-order chi connectivity index (χ0) is 15.9. The molecular weight excluding hydrogens is 290 g/mol. The highest BCUT2D eigenvalue weighted by molar-refractivity contribution is 5.42. The topological polar surface area (TPSA) is 61.3 Å². The van der Waals surface area contributed by atoms with Crippen LogP contribution in [0.15, 0.2) is 41.5 Å². The molecule has 23 heavy (non-hydrogen) atoms. The number of aliphatic hydroxyl groups is 1. The van der Waals surface area contributed by atoms with E-state index in [9.17, 15) is 9.90 Å². The second-order valence-electron chi connectivity index (χ2n) is 6.83. The molecule has 1 saturated heterocycles. The number of aromatic amines is 1. The number of nitrogens with one attached hydrogen (secondary N) is 1. The Bertz CT molecular complexity index is 740. The molecule has 1 fully saturated rings. The fourth-order valence-electron chi connectivity index (χ4n) is 4.32. The van der Waals surface area contributed by atoms with E-state index in [0.29, 0.717) is 6.54 Å². The second-order valence-corrected chi connectivity index (χ2v) is 6.83. The molecular formula is C18H23N3O2. The van der Waals surface area contributed by atoms with E-state index in [1.54, 1.807) is 17.0 Å². The predicted molar refractivity (Wildman–Crippen MR) is 88.6 cm³/mol. The van der Waals surface area contributed by atoms with Gasteiger partial charge in [0.2, 0.25) is 0 Å². The highest BCUT2D eigenvalue weighted by Gasteiger charge is 2.47. The summed E-state index contributed by atoms with van der Waals surface area (Å²) in [6.45, 7) is 3.55. The molecule has 2 heterocycles. The van der Waals surface area contributed by atoms with Gasteiger partial charge in [0.15, 0.2) is 0 Å². The molecule has 1 spiro atoms. The summed E-state index contributed by atoms with van der Waals surface area (Å²) < 4.78 is 1.71. The zero-order valence-corrected chi connectivity index (χ0v) is 13.2. The Morgan fingerprint density at radius 2 is 2.00 bits per heavy atom. The van der Waals surface area contributed by atoms with Crippen molar-refractivity contribution < 1.29 is 5.11 Å². The van der Waals surface area contributed by atoms with Gasteiger partial charge in [0.1, 0.15) is 0 Å². The van der Waals surface area contributed by atoms with Gasteiger partial charge in [-0.2, -0.15) is 0 Å². The molecule has 2 aromatic rings. The molecule has 0 amide bonds. The van der Waals surface area contributed by atoms with Crippen molar-refractivity contribution in [3.05, 3.63) is 58.3 Å². The Hall–Kier alpha value is -1.85. The van der Waals surface area contributed by atoms with Gasteiger partial charge in [-0.1, -0.05) is 24.3 Å². The summed E-state index contributed by atoms with van der Waals surface area (Å²) in [5, 5.41) is 10.7. The zero-order valence-electron chi connectivity index (χ0n) is 13.2. The number of hydrogen-bond acceptors (Lipinski definition) is 3. The lowest BCUT2D eigenvalue weighted by Crippen LogP contribution is -2.48. The summed E-state index contributed by atoms with van der Waals surface area (Å²) >= 11 is 0. The van der Waals surface area contributed by atoms with E-state index in [-0.39, 0.29) is 17.2 Å². The SMILES string of the molecule is O=c1[nH]ccn1CCN1CCC2(CC1)c1ccccc1C[C@@H]2O. The van der Waals surface area contributed by atoms with Crippen LogP contribution in [0.4, 0.5) is 0 Å². The Labute approximate surface area is 135 Å². The molecule has 0 radical (unpaired) electrons. The lowest BCUT2D eigenvalue weighted by Gasteiger charge is -2.42. The number of aromatic nitrogens is 2. The van der Waals surface area contributed by atoms with E-state index in [0.717, 1.165) is 38.9 Å². The summed E-state index contributed by atoms with van der Waals surface area (Å²) in [4.78, 5) is 16.6. The number of likely N-dealkylation sites (tertiary alicyclic amines) is 1. The van der Waals surface area contributed by atoms with Gasteiger partial charge in [0.25, 0.3) is 0 Å². The minimum Gasteiger partial charge on any atom is -0.392 e. The summed E-state index contributed by atoms with van der Waals surface area (Å²) in [5.74, 6) is 0. The van der Waals surface area contributed by atoms with E-state index in [2.05, 4.69) is 34.1 Å². The first kappa shape index (κ1) is 14.7. The maximum absolute atomic E-state index is 11.5. The molecule has 1 aliphatic heterocycles. The van der Waals surface area contributed by atoms with Crippen LogP contribution in [0.5, 0.6) is 0 Å². The molecule has 5 nitrogen and oxygen atoms in total. The third-order valence-corrected chi connectivity index (χ3v) is 5.73. The lowest BCUT2D eigenvalue weighted by atomic mass is 9.72. The number of rotatable bonds is 3. The van der Waals surface area contributed by atoms with Crippen molar-refractivity contribution >= 4 is 0 Å². The molecule has 122 valence electrons. The van der Waals surface area contributed by atoms with Crippen LogP contribution in [-0.4, -0.2) is 45.3 Å². The number of piperidine rings is 1. The Balaban J connectivity index is 1.43. The van der Waals surface area contributed by atoms with E-state index in [4.69, 9.17) is 0 Å². The molecule has 2 N–H and O–H groups in total. The number of imidazole rings is 1. The first-order valence-electron chi connectivity index (χ1n) is 8.42. The molecule has 1 aliphatic carbocycles. The van der Waals surface area contributed by atoms with Crippen LogP contribution in [0.2, 0.25) is 0 Å².